The topological polar surface area (TPSA) is 34.2 Å². The predicted molar refractivity (Wildman–Crippen MR) is 87.5 cm³/mol. The Hall–Kier alpha value is -0.930. The van der Waals surface area contributed by atoms with Crippen molar-refractivity contribution < 1.29 is 4.74 Å². The molecule has 21 heavy (non-hydrogen) atoms. The van der Waals surface area contributed by atoms with Gasteiger partial charge in [-0.25, -0.2) is 0 Å². The molecule has 0 spiro atoms. The Morgan fingerprint density at radius 3 is 2.71 bits per heavy atom. The first-order valence-electron chi connectivity index (χ1n) is 8.57. The van der Waals surface area contributed by atoms with Crippen LogP contribution in [0.2, 0.25) is 0 Å². The van der Waals surface area contributed by atoms with Gasteiger partial charge in [-0.15, -0.1) is 0 Å². The molecule has 3 heteroatoms. The van der Waals surface area contributed by atoms with Crippen molar-refractivity contribution in [3.63, 3.8) is 0 Å². The van der Waals surface area contributed by atoms with Gasteiger partial charge in [0.1, 0.15) is 0 Å². The molecule has 0 saturated heterocycles. The zero-order chi connectivity index (χ0) is 15.0. The summed E-state index contributed by atoms with van der Waals surface area (Å²) < 4.78 is 6.32. The molecule has 0 bridgehead atoms. The molecule has 1 N–H and O–H groups in total. The maximum atomic E-state index is 6.32. The molecule has 0 aromatic carbocycles. The highest BCUT2D eigenvalue weighted by atomic mass is 16.5. The van der Waals surface area contributed by atoms with E-state index in [2.05, 4.69) is 30.2 Å². The van der Waals surface area contributed by atoms with Crippen molar-refractivity contribution in [3.05, 3.63) is 30.1 Å². The van der Waals surface area contributed by atoms with E-state index >= 15 is 0 Å². The highest BCUT2D eigenvalue weighted by Gasteiger charge is 2.40. The zero-order valence-electron chi connectivity index (χ0n) is 13.6. The van der Waals surface area contributed by atoms with Crippen molar-refractivity contribution in [1.82, 2.24) is 10.3 Å². The summed E-state index contributed by atoms with van der Waals surface area (Å²) in [5, 5.41) is 3.76. The predicted octanol–water partition coefficient (Wildman–Crippen LogP) is 3.73. The summed E-state index contributed by atoms with van der Waals surface area (Å²) in [5.74, 6) is 0. The monoisotopic (exact) mass is 290 g/mol. The Morgan fingerprint density at radius 1 is 1.29 bits per heavy atom. The van der Waals surface area contributed by atoms with Gasteiger partial charge < -0.3 is 10.1 Å². The van der Waals surface area contributed by atoms with Crippen LogP contribution >= 0.6 is 0 Å². The standard InChI is InChI=1S/C18H30N2O/c1-3-12-20-17(14-16-9-8-13-19-15-16)18(21-4-2)10-6-5-7-11-18/h8-9,13,15,17,20H,3-7,10-12,14H2,1-2H3. The van der Waals surface area contributed by atoms with Crippen LogP contribution in [-0.2, 0) is 11.2 Å². The Labute approximate surface area is 129 Å². The van der Waals surface area contributed by atoms with E-state index in [1.165, 1.54) is 37.7 Å². The van der Waals surface area contributed by atoms with Gasteiger partial charge in [0.15, 0.2) is 0 Å². The van der Waals surface area contributed by atoms with Crippen LogP contribution in [0.3, 0.4) is 0 Å². The summed E-state index contributed by atoms with van der Waals surface area (Å²) in [6, 6.07) is 4.60. The molecule has 1 aliphatic rings. The Balaban J connectivity index is 2.15. The molecule has 1 aliphatic carbocycles. The Bertz CT molecular complexity index is 382. The first-order chi connectivity index (χ1) is 10.3. The number of pyridine rings is 1. The molecule has 118 valence electrons. The molecule has 1 unspecified atom stereocenters. The van der Waals surface area contributed by atoms with Crippen molar-refractivity contribution in [2.24, 2.45) is 0 Å². The summed E-state index contributed by atoms with van der Waals surface area (Å²) in [7, 11) is 0. The van der Waals surface area contributed by atoms with E-state index in [1.54, 1.807) is 0 Å². The minimum absolute atomic E-state index is 0.0119. The average Bonchev–Trinajstić information content (AvgIpc) is 2.53. The lowest BCUT2D eigenvalue weighted by Gasteiger charge is -2.44. The molecule has 0 radical (unpaired) electrons. The molecule has 0 aliphatic heterocycles. The van der Waals surface area contributed by atoms with Gasteiger partial charge in [0.25, 0.3) is 0 Å². The Morgan fingerprint density at radius 2 is 2.10 bits per heavy atom. The van der Waals surface area contributed by atoms with E-state index in [0.717, 1.165) is 26.0 Å². The van der Waals surface area contributed by atoms with Gasteiger partial charge in [0.2, 0.25) is 0 Å². The molecule has 1 aromatic heterocycles. The molecule has 1 aromatic rings. The van der Waals surface area contributed by atoms with Crippen molar-refractivity contribution >= 4 is 0 Å². The largest absolute Gasteiger partial charge is 0.374 e. The molecule has 1 saturated carbocycles. The number of aromatic nitrogens is 1. The average molecular weight is 290 g/mol. The van der Waals surface area contributed by atoms with E-state index in [-0.39, 0.29) is 5.60 Å². The van der Waals surface area contributed by atoms with Crippen LogP contribution < -0.4 is 5.32 Å². The minimum Gasteiger partial charge on any atom is -0.374 e. The maximum absolute atomic E-state index is 6.32. The SMILES string of the molecule is CCCNC(Cc1cccnc1)C1(OCC)CCCCC1. The second-order valence-electron chi connectivity index (χ2n) is 6.13. The van der Waals surface area contributed by atoms with Crippen molar-refractivity contribution in [2.75, 3.05) is 13.2 Å². The highest BCUT2D eigenvalue weighted by molar-refractivity contribution is 5.13. The molecule has 1 fully saturated rings. The zero-order valence-corrected chi connectivity index (χ0v) is 13.6. The molecule has 2 rings (SSSR count). The first-order valence-corrected chi connectivity index (χ1v) is 8.57. The fraction of sp³-hybridized carbons (Fsp3) is 0.722. The fourth-order valence-electron chi connectivity index (χ4n) is 3.55. The molecular weight excluding hydrogens is 260 g/mol. The van der Waals surface area contributed by atoms with Crippen LogP contribution in [0.4, 0.5) is 0 Å². The number of rotatable bonds is 8. The van der Waals surface area contributed by atoms with Crippen LogP contribution in [-0.4, -0.2) is 29.8 Å². The maximum Gasteiger partial charge on any atom is 0.0837 e. The van der Waals surface area contributed by atoms with E-state index in [4.69, 9.17) is 4.74 Å². The third-order valence-electron chi connectivity index (χ3n) is 4.57. The summed E-state index contributed by atoms with van der Waals surface area (Å²) in [5.41, 5.74) is 1.31. The van der Waals surface area contributed by atoms with Crippen LogP contribution in [0.5, 0.6) is 0 Å². The quantitative estimate of drug-likeness (QED) is 0.792. The van der Waals surface area contributed by atoms with E-state index in [1.807, 2.05) is 18.5 Å². The normalized spacial score (nSPS) is 19.3. The third kappa shape index (κ3) is 4.52. The highest BCUT2D eigenvalue weighted by Crippen LogP contribution is 2.35. The lowest BCUT2D eigenvalue weighted by Crippen LogP contribution is -2.55. The second kappa shape index (κ2) is 8.50. The minimum atomic E-state index is 0.0119. The van der Waals surface area contributed by atoms with Crippen LogP contribution in [0.25, 0.3) is 0 Å². The van der Waals surface area contributed by atoms with Crippen LogP contribution in [0, 0.1) is 0 Å². The van der Waals surface area contributed by atoms with Gasteiger partial charge in [-0.3, -0.25) is 4.98 Å². The summed E-state index contributed by atoms with van der Waals surface area (Å²) >= 11 is 0. The van der Waals surface area contributed by atoms with Gasteiger partial charge >= 0.3 is 0 Å². The first kappa shape index (κ1) is 16.4. The number of nitrogens with zero attached hydrogens (tertiary/aromatic N) is 1. The van der Waals surface area contributed by atoms with Gasteiger partial charge in [0.05, 0.1) is 5.60 Å². The number of ether oxygens (including phenoxy) is 1. The van der Waals surface area contributed by atoms with Crippen molar-refractivity contribution in [3.8, 4) is 0 Å². The summed E-state index contributed by atoms with van der Waals surface area (Å²) in [6.07, 6.45) is 12.3. The van der Waals surface area contributed by atoms with Crippen molar-refractivity contribution in [1.29, 1.82) is 0 Å². The van der Waals surface area contributed by atoms with Gasteiger partial charge in [0, 0.05) is 25.0 Å². The lowest BCUT2D eigenvalue weighted by atomic mass is 9.77. The fourth-order valence-corrected chi connectivity index (χ4v) is 3.55. The molecule has 0 amide bonds. The Kier molecular flexibility index (Phi) is 6.65. The molecular formula is C18H30N2O. The smallest absolute Gasteiger partial charge is 0.0837 e. The summed E-state index contributed by atoms with van der Waals surface area (Å²) in [6.45, 7) is 6.21. The van der Waals surface area contributed by atoms with Gasteiger partial charge in [-0.2, -0.15) is 0 Å². The van der Waals surface area contributed by atoms with E-state index in [9.17, 15) is 0 Å². The molecule has 1 atom stereocenters. The van der Waals surface area contributed by atoms with E-state index in [0.29, 0.717) is 6.04 Å². The molecule has 1 heterocycles. The number of hydrogen-bond acceptors (Lipinski definition) is 3. The third-order valence-corrected chi connectivity index (χ3v) is 4.57. The van der Waals surface area contributed by atoms with Crippen molar-refractivity contribution in [2.45, 2.75) is 70.4 Å². The number of hydrogen-bond donors (Lipinski definition) is 1. The molecule has 3 nitrogen and oxygen atoms in total. The number of nitrogens with one attached hydrogen (secondary N) is 1. The van der Waals surface area contributed by atoms with Gasteiger partial charge in [-0.1, -0.05) is 32.3 Å². The second-order valence-corrected chi connectivity index (χ2v) is 6.13. The van der Waals surface area contributed by atoms with E-state index < -0.39 is 0 Å². The summed E-state index contributed by atoms with van der Waals surface area (Å²) in [4.78, 5) is 4.26. The van der Waals surface area contributed by atoms with Crippen LogP contribution in [0.1, 0.15) is 57.9 Å². The van der Waals surface area contributed by atoms with Crippen LogP contribution in [0.15, 0.2) is 24.5 Å². The lowest BCUT2D eigenvalue weighted by molar-refractivity contribution is -0.0897. The van der Waals surface area contributed by atoms with Gasteiger partial charge in [-0.05, 0) is 50.8 Å².